The first-order valence-electron chi connectivity index (χ1n) is 11.0. The van der Waals surface area contributed by atoms with Gasteiger partial charge in [-0.2, -0.15) is 0 Å². The monoisotopic (exact) mass is 447 g/mol. The highest BCUT2D eigenvalue weighted by atomic mass is 16.5. The number of aliphatic hydroxyl groups excluding tert-OH is 1. The summed E-state index contributed by atoms with van der Waals surface area (Å²) in [6.07, 6.45) is 0.525. The largest absolute Gasteiger partial charge is 0.493 e. The molecule has 0 saturated heterocycles. The molecule has 1 aliphatic rings. The molecule has 33 heavy (non-hydrogen) atoms. The van der Waals surface area contributed by atoms with Crippen molar-refractivity contribution in [2.75, 3.05) is 27.4 Å². The zero-order chi connectivity index (χ0) is 23.2. The molecular formula is C27H29NO5. The molecule has 4 rings (SSSR count). The third-order valence-electron chi connectivity index (χ3n) is 6.12. The SMILES string of the molecule is COc1ccc(C(Cc2ccccc2)C(=O)N[C@H]2c3ccccc3OC[C@H]2CO)cc1OC. The number of aliphatic hydroxyl groups is 1. The van der Waals surface area contributed by atoms with Crippen LogP contribution in [0.5, 0.6) is 17.2 Å². The van der Waals surface area contributed by atoms with Crippen molar-refractivity contribution in [1.29, 1.82) is 0 Å². The van der Waals surface area contributed by atoms with Crippen LogP contribution in [0.2, 0.25) is 0 Å². The van der Waals surface area contributed by atoms with E-state index >= 15 is 0 Å². The van der Waals surface area contributed by atoms with Gasteiger partial charge in [-0.1, -0.05) is 54.6 Å². The van der Waals surface area contributed by atoms with E-state index in [9.17, 15) is 9.90 Å². The van der Waals surface area contributed by atoms with E-state index in [1.807, 2.05) is 72.8 Å². The number of methoxy groups -OCH3 is 2. The van der Waals surface area contributed by atoms with Crippen LogP contribution < -0.4 is 19.5 Å². The van der Waals surface area contributed by atoms with Crippen LogP contribution in [0.4, 0.5) is 0 Å². The van der Waals surface area contributed by atoms with E-state index in [-0.39, 0.29) is 24.5 Å². The summed E-state index contributed by atoms with van der Waals surface area (Å²) in [5.41, 5.74) is 2.76. The van der Waals surface area contributed by atoms with E-state index in [0.717, 1.165) is 22.4 Å². The number of hydrogen-bond acceptors (Lipinski definition) is 5. The smallest absolute Gasteiger partial charge is 0.228 e. The molecule has 6 heteroatoms. The summed E-state index contributed by atoms with van der Waals surface area (Å²) in [5.74, 6) is 1.11. The molecule has 3 atom stereocenters. The molecule has 0 aromatic heterocycles. The lowest BCUT2D eigenvalue weighted by Gasteiger charge is -2.34. The van der Waals surface area contributed by atoms with Crippen LogP contribution in [0.15, 0.2) is 72.8 Å². The summed E-state index contributed by atoms with van der Waals surface area (Å²) in [6.45, 7) is 0.261. The number of para-hydroxylation sites is 1. The van der Waals surface area contributed by atoms with E-state index in [4.69, 9.17) is 14.2 Å². The van der Waals surface area contributed by atoms with Crippen molar-refractivity contribution < 1.29 is 24.1 Å². The van der Waals surface area contributed by atoms with Gasteiger partial charge in [-0.15, -0.1) is 0 Å². The van der Waals surface area contributed by atoms with E-state index in [1.165, 1.54) is 0 Å². The molecule has 6 nitrogen and oxygen atoms in total. The Hall–Kier alpha value is -3.51. The highest BCUT2D eigenvalue weighted by molar-refractivity contribution is 5.85. The van der Waals surface area contributed by atoms with Gasteiger partial charge in [0.1, 0.15) is 5.75 Å². The van der Waals surface area contributed by atoms with Crippen LogP contribution >= 0.6 is 0 Å². The lowest BCUT2D eigenvalue weighted by atomic mass is 9.87. The van der Waals surface area contributed by atoms with Crippen molar-refractivity contribution in [3.05, 3.63) is 89.5 Å². The Bertz CT molecular complexity index is 1080. The minimum Gasteiger partial charge on any atom is -0.493 e. The third kappa shape index (κ3) is 4.96. The molecule has 1 aliphatic heterocycles. The summed E-state index contributed by atoms with van der Waals surface area (Å²) in [5, 5.41) is 13.2. The van der Waals surface area contributed by atoms with Gasteiger partial charge in [0.05, 0.1) is 39.4 Å². The van der Waals surface area contributed by atoms with Crippen molar-refractivity contribution in [3.8, 4) is 17.2 Å². The van der Waals surface area contributed by atoms with Crippen LogP contribution in [0, 0.1) is 5.92 Å². The molecule has 2 N–H and O–H groups in total. The molecule has 0 bridgehead atoms. The Morgan fingerprint density at radius 1 is 1.03 bits per heavy atom. The fourth-order valence-electron chi connectivity index (χ4n) is 4.30. The summed E-state index contributed by atoms with van der Waals surface area (Å²) in [7, 11) is 3.17. The zero-order valence-electron chi connectivity index (χ0n) is 18.9. The summed E-state index contributed by atoms with van der Waals surface area (Å²) < 4.78 is 16.6. The molecular weight excluding hydrogens is 418 g/mol. The number of ether oxygens (including phenoxy) is 3. The number of benzene rings is 3. The van der Waals surface area contributed by atoms with Gasteiger partial charge in [0, 0.05) is 11.5 Å². The summed E-state index contributed by atoms with van der Waals surface area (Å²) in [4.78, 5) is 13.7. The first-order chi connectivity index (χ1) is 16.1. The van der Waals surface area contributed by atoms with Gasteiger partial charge in [0.2, 0.25) is 5.91 Å². The number of carbonyl (C=O) groups is 1. The van der Waals surface area contributed by atoms with E-state index < -0.39 is 5.92 Å². The Kier molecular flexibility index (Phi) is 7.15. The Morgan fingerprint density at radius 2 is 1.76 bits per heavy atom. The Balaban J connectivity index is 1.68. The van der Waals surface area contributed by atoms with Gasteiger partial charge in [0.25, 0.3) is 0 Å². The molecule has 3 aromatic carbocycles. The molecule has 1 amide bonds. The van der Waals surface area contributed by atoms with Crippen LogP contribution in [-0.4, -0.2) is 38.4 Å². The van der Waals surface area contributed by atoms with Gasteiger partial charge in [-0.25, -0.2) is 0 Å². The maximum absolute atomic E-state index is 13.7. The highest BCUT2D eigenvalue weighted by Crippen LogP contribution is 2.37. The van der Waals surface area contributed by atoms with Crippen molar-refractivity contribution in [2.45, 2.75) is 18.4 Å². The van der Waals surface area contributed by atoms with Gasteiger partial charge < -0.3 is 24.6 Å². The predicted molar refractivity (Wildman–Crippen MR) is 126 cm³/mol. The molecule has 1 unspecified atom stereocenters. The second-order valence-corrected chi connectivity index (χ2v) is 8.13. The number of carbonyl (C=O) groups excluding carboxylic acids is 1. The van der Waals surface area contributed by atoms with Gasteiger partial charge in [-0.3, -0.25) is 4.79 Å². The molecule has 0 spiro atoms. The minimum atomic E-state index is -0.457. The normalized spacial score (nSPS) is 17.9. The van der Waals surface area contributed by atoms with E-state index in [0.29, 0.717) is 24.5 Å². The molecule has 0 radical (unpaired) electrons. The maximum atomic E-state index is 13.7. The van der Waals surface area contributed by atoms with Crippen LogP contribution in [0.1, 0.15) is 28.7 Å². The lowest BCUT2D eigenvalue weighted by molar-refractivity contribution is -0.124. The molecule has 0 fully saturated rings. The second-order valence-electron chi connectivity index (χ2n) is 8.13. The van der Waals surface area contributed by atoms with E-state index in [1.54, 1.807) is 14.2 Å². The Labute approximate surface area is 194 Å². The predicted octanol–water partition coefficient (Wildman–Crippen LogP) is 3.89. The molecule has 0 aliphatic carbocycles. The second kappa shape index (κ2) is 10.4. The summed E-state index contributed by atoms with van der Waals surface area (Å²) >= 11 is 0. The first-order valence-corrected chi connectivity index (χ1v) is 11.0. The van der Waals surface area contributed by atoms with Crippen molar-refractivity contribution in [1.82, 2.24) is 5.32 Å². The van der Waals surface area contributed by atoms with Gasteiger partial charge >= 0.3 is 0 Å². The van der Waals surface area contributed by atoms with Crippen LogP contribution in [0.25, 0.3) is 0 Å². The Morgan fingerprint density at radius 3 is 2.48 bits per heavy atom. The first kappa shape index (κ1) is 22.7. The number of nitrogens with one attached hydrogen (secondary N) is 1. The van der Waals surface area contributed by atoms with Crippen LogP contribution in [-0.2, 0) is 11.2 Å². The number of hydrogen-bond donors (Lipinski definition) is 2. The topological polar surface area (TPSA) is 77.0 Å². The van der Waals surface area contributed by atoms with E-state index in [2.05, 4.69) is 5.32 Å². The van der Waals surface area contributed by atoms with Gasteiger partial charge in [0.15, 0.2) is 11.5 Å². The zero-order valence-corrected chi connectivity index (χ0v) is 18.9. The maximum Gasteiger partial charge on any atom is 0.228 e. The quantitative estimate of drug-likeness (QED) is 0.548. The molecule has 1 heterocycles. The van der Waals surface area contributed by atoms with Crippen molar-refractivity contribution in [2.24, 2.45) is 5.92 Å². The molecule has 3 aromatic rings. The van der Waals surface area contributed by atoms with Crippen LogP contribution in [0.3, 0.4) is 0 Å². The standard InChI is InChI=1S/C27H29NO5/c1-31-24-13-12-19(15-25(24)32-2)22(14-18-8-4-3-5-9-18)27(30)28-26-20(16-29)17-33-23-11-7-6-10-21(23)26/h3-13,15,20,22,26,29H,14,16-17H2,1-2H3,(H,28,30)/t20-,22?,26-/m1/s1. The molecule has 0 saturated carbocycles. The number of rotatable bonds is 8. The number of fused-ring (bicyclic) bond motifs is 1. The highest BCUT2D eigenvalue weighted by Gasteiger charge is 2.34. The average molecular weight is 448 g/mol. The number of amides is 1. The average Bonchev–Trinajstić information content (AvgIpc) is 2.87. The fourth-order valence-corrected chi connectivity index (χ4v) is 4.30. The minimum absolute atomic E-state index is 0.0843. The van der Waals surface area contributed by atoms with Gasteiger partial charge in [-0.05, 0) is 35.7 Å². The van der Waals surface area contributed by atoms with Crippen molar-refractivity contribution in [3.63, 3.8) is 0 Å². The third-order valence-corrected chi connectivity index (χ3v) is 6.12. The summed E-state index contributed by atoms with van der Waals surface area (Å²) in [6, 6.07) is 22.8. The lowest BCUT2D eigenvalue weighted by Crippen LogP contribution is -2.42. The fraction of sp³-hybridized carbons (Fsp3) is 0.296. The van der Waals surface area contributed by atoms with Crippen molar-refractivity contribution >= 4 is 5.91 Å². The molecule has 172 valence electrons.